The maximum atomic E-state index is 12.4. The van der Waals surface area contributed by atoms with Crippen LogP contribution in [-0.4, -0.2) is 41.9 Å². The Hall–Kier alpha value is -1.59. The van der Waals surface area contributed by atoms with Crippen molar-refractivity contribution in [3.05, 3.63) is 35.9 Å². The molecule has 1 heterocycles. The molecular weight excluding hydrogens is 326 g/mol. The summed E-state index contributed by atoms with van der Waals surface area (Å²) in [6.07, 6.45) is 2.90. The van der Waals surface area contributed by atoms with Crippen molar-refractivity contribution in [2.45, 2.75) is 45.2 Å². The van der Waals surface area contributed by atoms with Gasteiger partial charge in [-0.25, -0.2) is 0 Å². The van der Waals surface area contributed by atoms with Gasteiger partial charge in [0, 0.05) is 12.6 Å². The molecule has 1 aromatic rings. The van der Waals surface area contributed by atoms with Gasteiger partial charge in [0.15, 0.2) is 0 Å². The molecule has 2 atom stereocenters. The number of carbonyl (C=O) groups excluding carboxylic acids is 2. The van der Waals surface area contributed by atoms with Crippen LogP contribution in [0.25, 0.3) is 0 Å². The number of rotatable bonds is 6. The van der Waals surface area contributed by atoms with Gasteiger partial charge in [0.05, 0.1) is 12.6 Å². The van der Waals surface area contributed by atoms with Crippen LogP contribution in [0.2, 0.25) is 0 Å². The molecule has 6 heteroatoms. The van der Waals surface area contributed by atoms with Crippen molar-refractivity contribution in [3.8, 4) is 0 Å². The average molecular weight is 354 g/mol. The molecule has 1 fully saturated rings. The molecule has 0 spiro atoms. The number of benzene rings is 1. The summed E-state index contributed by atoms with van der Waals surface area (Å²) in [6.45, 7) is 4.58. The average Bonchev–Trinajstić information content (AvgIpc) is 3.00. The number of nitrogens with one attached hydrogen (secondary N) is 1. The van der Waals surface area contributed by atoms with Gasteiger partial charge in [0.1, 0.15) is 0 Å². The van der Waals surface area contributed by atoms with Crippen LogP contribution in [0.3, 0.4) is 0 Å². The smallest absolute Gasteiger partial charge is 0.242 e. The van der Waals surface area contributed by atoms with Gasteiger partial charge < -0.3 is 16.0 Å². The first-order chi connectivity index (χ1) is 11.0. The number of nitrogens with zero attached hydrogens (tertiary/aromatic N) is 1. The standard InChI is InChI=1S/C18H27N3O2.ClH/c1-13(2)17(19)18(23)20-12-16(22)21-10-6-9-15(21)11-14-7-4-3-5-8-14;/h3-5,7-8,13,15,17H,6,9-12,19H2,1-2H3,(H,20,23);1H/t15?,17-;/m0./s1. The summed E-state index contributed by atoms with van der Waals surface area (Å²) in [6, 6.07) is 9.86. The highest BCUT2D eigenvalue weighted by Crippen LogP contribution is 2.21. The molecule has 1 unspecified atom stereocenters. The Balaban J connectivity index is 0.00000288. The van der Waals surface area contributed by atoms with Crippen LogP contribution in [0.1, 0.15) is 32.3 Å². The second-order valence-electron chi connectivity index (χ2n) is 6.56. The molecule has 1 saturated heterocycles. The van der Waals surface area contributed by atoms with E-state index in [0.29, 0.717) is 0 Å². The summed E-state index contributed by atoms with van der Waals surface area (Å²) >= 11 is 0. The van der Waals surface area contributed by atoms with Crippen molar-refractivity contribution in [1.82, 2.24) is 10.2 Å². The molecule has 1 aliphatic rings. The largest absolute Gasteiger partial charge is 0.346 e. The summed E-state index contributed by atoms with van der Waals surface area (Å²) in [5.74, 6) is -0.220. The van der Waals surface area contributed by atoms with Crippen molar-refractivity contribution in [3.63, 3.8) is 0 Å². The maximum absolute atomic E-state index is 12.4. The van der Waals surface area contributed by atoms with Crippen molar-refractivity contribution in [2.75, 3.05) is 13.1 Å². The summed E-state index contributed by atoms with van der Waals surface area (Å²) in [4.78, 5) is 26.2. The third-order valence-electron chi connectivity index (χ3n) is 4.45. The first-order valence-corrected chi connectivity index (χ1v) is 8.35. The number of carbonyl (C=O) groups is 2. The maximum Gasteiger partial charge on any atom is 0.242 e. The van der Waals surface area contributed by atoms with Crippen LogP contribution in [0.4, 0.5) is 0 Å². The summed E-state index contributed by atoms with van der Waals surface area (Å²) in [5, 5.41) is 2.67. The van der Waals surface area contributed by atoms with E-state index in [4.69, 9.17) is 5.73 Å². The fraction of sp³-hybridized carbons (Fsp3) is 0.556. The highest BCUT2D eigenvalue weighted by atomic mass is 35.5. The lowest BCUT2D eigenvalue weighted by Crippen LogP contribution is -2.48. The Morgan fingerprint density at radius 2 is 1.96 bits per heavy atom. The molecule has 5 nitrogen and oxygen atoms in total. The van der Waals surface area contributed by atoms with Crippen LogP contribution < -0.4 is 11.1 Å². The minimum absolute atomic E-state index is 0. The van der Waals surface area contributed by atoms with Gasteiger partial charge in [-0.3, -0.25) is 9.59 Å². The molecule has 0 aliphatic carbocycles. The predicted octanol–water partition coefficient (Wildman–Crippen LogP) is 1.74. The van der Waals surface area contributed by atoms with Crippen LogP contribution in [0.15, 0.2) is 30.3 Å². The number of amides is 2. The van der Waals surface area contributed by atoms with Gasteiger partial charge in [-0.2, -0.15) is 0 Å². The highest BCUT2D eigenvalue weighted by molar-refractivity contribution is 5.87. The molecule has 3 N–H and O–H groups in total. The summed E-state index contributed by atoms with van der Waals surface area (Å²) in [5.41, 5.74) is 7.03. The van der Waals surface area contributed by atoms with E-state index in [-0.39, 0.29) is 42.7 Å². The van der Waals surface area contributed by atoms with E-state index in [1.165, 1.54) is 5.56 Å². The van der Waals surface area contributed by atoms with E-state index in [1.54, 1.807) is 0 Å². The quantitative estimate of drug-likeness (QED) is 0.818. The van der Waals surface area contributed by atoms with Gasteiger partial charge in [0.25, 0.3) is 0 Å². The Morgan fingerprint density at radius 1 is 1.29 bits per heavy atom. The predicted molar refractivity (Wildman–Crippen MR) is 98.0 cm³/mol. The van der Waals surface area contributed by atoms with Crippen LogP contribution >= 0.6 is 12.4 Å². The number of hydrogen-bond donors (Lipinski definition) is 2. The molecule has 134 valence electrons. The van der Waals surface area contributed by atoms with Crippen LogP contribution in [0, 0.1) is 5.92 Å². The molecule has 1 aromatic carbocycles. The third-order valence-corrected chi connectivity index (χ3v) is 4.45. The first kappa shape index (κ1) is 20.5. The fourth-order valence-corrected chi connectivity index (χ4v) is 2.95. The first-order valence-electron chi connectivity index (χ1n) is 8.35. The SMILES string of the molecule is CC(C)[C@H](N)C(=O)NCC(=O)N1CCCC1Cc1ccccc1.Cl. The zero-order valence-corrected chi connectivity index (χ0v) is 15.2. The van der Waals surface area contributed by atoms with Crippen molar-refractivity contribution in [1.29, 1.82) is 0 Å². The van der Waals surface area contributed by atoms with Crippen LogP contribution in [0.5, 0.6) is 0 Å². The molecule has 2 amide bonds. The topological polar surface area (TPSA) is 75.4 Å². The van der Waals surface area contributed by atoms with E-state index in [2.05, 4.69) is 17.4 Å². The number of hydrogen-bond acceptors (Lipinski definition) is 3. The second kappa shape index (κ2) is 9.64. The molecular formula is C18H28ClN3O2. The molecule has 0 saturated carbocycles. The lowest BCUT2D eigenvalue weighted by Gasteiger charge is -2.25. The minimum atomic E-state index is -0.568. The van der Waals surface area contributed by atoms with Gasteiger partial charge >= 0.3 is 0 Å². The highest BCUT2D eigenvalue weighted by Gasteiger charge is 2.29. The van der Waals surface area contributed by atoms with Gasteiger partial charge in [-0.05, 0) is 30.7 Å². The van der Waals surface area contributed by atoms with E-state index < -0.39 is 6.04 Å². The summed E-state index contributed by atoms with van der Waals surface area (Å²) in [7, 11) is 0. The molecule has 0 bridgehead atoms. The Morgan fingerprint density at radius 3 is 2.58 bits per heavy atom. The van der Waals surface area contributed by atoms with E-state index in [0.717, 1.165) is 25.8 Å². The zero-order valence-electron chi connectivity index (χ0n) is 14.4. The van der Waals surface area contributed by atoms with Gasteiger partial charge in [-0.1, -0.05) is 44.2 Å². The van der Waals surface area contributed by atoms with E-state index in [9.17, 15) is 9.59 Å². The fourth-order valence-electron chi connectivity index (χ4n) is 2.95. The lowest BCUT2D eigenvalue weighted by molar-refractivity contribution is -0.134. The monoisotopic (exact) mass is 353 g/mol. The second-order valence-corrected chi connectivity index (χ2v) is 6.56. The van der Waals surface area contributed by atoms with Gasteiger partial charge in [-0.15, -0.1) is 12.4 Å². The van der Waals surface area contributed by atoms with Gasteiger partial charge in [0.2, 0.25) is 11.8 Å². The number of likely N-dealkylation sites (tertiary alicyclic amines) is 1. The lowest BCUT2D eigenvalue weighted by atomic mass is 10.0. The van der Waals surface area contributed by atoms with Crippen molar-refractivity contribution < 1.29 is 9.59 Å². The van der Waals surface area contributed by atoms with Crippen molar-refractivity contribution >= 4 is 24.2 Å². The molecule has 0 aromatic heterocycles. The molecule has 0 radical (unpaired) electrons. The van der Waals surface area contributed by atoms with E-state index >= 15 is 0 Å². The molecule has 1 aliphatic heterocycles. The number of halogens is 1. The molecule has 24 heavy (non-hydrogen) atoms. The minimum Gasteiger partial charge on any atom is -0.346 e. The van der Waals surface area contributed by atoms with Crippen LogP contribution in [-0.2, 0) is 16.0 Å². The molecule has 2 rings (SSSR count). The Labute approximate surface area is 150 Å². The normalized spacial score (nSPS) is 18.2. The summed E-state index contributed by atoms with van der Waals surface area (Å²) < 4.78 is 0. The Bertz CT molecular complexity index is 536. The van der Waals surface area contributed by atoms with Crippen molar-refractivity contribution in [2.24, 2.45) is 11.7 Å². The Kier molecular flexibility index (Phi) is 8.22. The van der Waals surface area contributed by atoms with E-state index in [1.807, 2.05) is 36.9 Å². The zero-order chi connectivity index (χ0) is 16.8. The third kappa shape index (κ3) is 5.49. The number of nitrogens with two attached hydrogens (primary N) is 1.